The largest absolute Gasteiger partial charge is 0.351 e. The van der Waals surface area contributed by atoms with Crippen LogP contribution in [0.1, 0.15) is 27.0 Å². The number of hydrogen-bond donors (Lipinski definition) is 1. The van der Waals surface area contributed by atoms with Gasteiger partial charge in [0.25, 0.3) is 5.91 Å². The van der Waals surface area contributed by atoms with E-state index in [1.165, 1.54) is 32.3 Å². The monoisotopic (exact) mass is 577 g/mol. The first kappa shape index (κ1) is 28.2. The Hall–Kier alpha value is -3.31. The lowest BCUT2D eigenvalue weighted by molar-refractivity contribution is 0.0947. The zero-order chi connectivity index (χ0) is 28.3. The average molecular weight is 578 g/mol. The standard InChI is InChI=1S/C30H35N5O3S2/c1-22-19-23(2)28-27(20-22)32-30(39-28)35-17-15-34(16-18-35)14-13-31-29(36)25-9-11-26(12-10-25)40(37,38)33(3)21-24-7-5-4-6-8-24/h4-12,19-20H,13-18,21H2,1-3H3,(H,31,36). The van der Waals surface area contributed by atoms with Gasteiger partial charge >= 0.3 is 0 Å². The lowest BCUT2D eigenvalue weighted by atomic mass is 10.1. The van der Waals surface area contributed by atoms with Gasteiger partial charge in [0.1, 0.15) is 0 Å². The molecule has 0 aliphatic carbocycles. The number of aromatic nitrogens is 1. The third-order valence-corrected chi connectivity index (χ3v) is 10.3. The van der Waals surface area contributed by atoms with Crippen molar-refractivity contribution in [1.29, 1.82) is 0 Å². The van der Waals surface area contributed by atoms with Gasteiger partial charge in [-0.15, -0.1) is 0 Å². The van der Waals surface area contributed by atoms with Crippen LogP contribution in [0.5, 0.6) is 0 Å². The first-order valence-corrected chi connectivity index (χ1v) is 15.7. The molecule has 1 aliphatic rings. The number of anilines is 1. The second-order valence-corrected chi connectivity index (χ2v) is 13.3. The molecule has 0 unspecified atom stereocenters. The van der Waals surface area contributed by atoms with Crippen molar-refractivity contribution < 1.29 is 13.2 Å². The van der Waals surface area contributed by atoms with Gasteiger partial charge in [-0.25, -0.2) is 13.4 Å². The number of thiazole rings is 1. The van der Waals surface area contributed by atoms with Crippen LogP contribution in [0.3, 0.4) is 0 Å². The molecule has 0 atom stereocenters. The SMILES string of the molecule is Cc1cc(C)c2sc(N3CCN(CCNC(=O)c4ccc(S(=O)(=O)N(C)Cc5ccccc5)cc4)CC3)nc2c1. The van der Waals surface area contributed by atoms with E-state index in [9.17, 15) is 13.2 Å². The Balaban J connectivity index is 1.09. The molecule has 2 heterocycles. The topological polar surface area (TPSA) is 85.8 Å². The molecular formula is C30H35N5O3S2. The predicted octanol–water partition coefficient (Wildman–Crippen LogP) is 4.29. The number of sulfonamides is 1. The normalized spacial score (nSPS) is 14.7. The van der Waals surface area contributed by atoms with Crippen LogP contribution in [-0.2, 0) is 16.6 Å². The second-order valence-electron chi connectivity index (χ2n) is 10.3. The van der Waals surface area contributed by atoms with Gasteiger partial charge in [-0.1, -0.05) is 47.7 Å². The number of amides is 1. The van der Waals surface area contributed by atoms with Crippen molar-refractivity contribution in [3.63, 3.8) is 0 Å². The minimum atomic E-state index is -3.66. The average Bonchev–Trinajstić information content (AvgIpc) is 3.38. The summed E-state index contributed by atoms with van der Waals surface area (Å²) in [6, 6.07) is 19.9. The van der Waals surface area contributed by atoms with Crippen LogP contribution in [0.15, 0.2) is 71.6 Å². The minimum Gasteiger partial charge on any atom is -0.351 e. The Morgan fingerprint density at radius 2 is 1.70 bits per heavy atom. The molecule has 0 radical (unpaired) electrons. The Morgan fingerprint density at radius 1 is 1.00 bits per heavy atom. The zero-order valence-corrected chi connectivity index (χ0v) is 24.8. The molecule has 210 valence electrons. The fourth-order valence-electron chi connectivity index (χ4n) is 4.98. The minimum absolute atomic E-state index is 0.166. The fourth-order valence-corrected chi connectivity index (χ4v) is 7.20. The van der Waals surface area contributed by atoms with E-state index in [1.807, 2.05) is 30.3 Å². The van der Waals surface area contributed by atoms with E-state index in [-0.39, 0.29) is 17.3 Å². The highest BCUT2D eigenvalue weighted by Crippen LogP contribution is 2.32. The van der Waals surface area contributed by atoms with E-state index in [2.05, 4.69) is 41.1 Å². The van der Waals surface area contributed by atoms with Gasteiger partial charge in [0.15, 0.2) is 5.13 Å². The third kappa shape index (κ3) is 6.36. The van der Waals surface area contributed by atoms with Crippen LogP contribution in [0.4, 0.5) is 5.13 Å². The van der Waals surface area contributed by atoms with Crippen molar-refractivity contribution in [2.24, 2.45) is 0 Å². The van der Waals surface area contributed by atoms with Crippen LogP contribution < -0.4 is 10.2 Å². The molecule has 0 saturated carbocycles. The first-order valence-electron chi connectivity index (χ1n) is 13.4. The van der Waals surface area contributed by atoms with E-state index in [0.29, 0.717) is 12.1 Å². The highest BCUT2D eigenvalue weighted by atomic mass is 32.2. The summed E-state index contributed by atoms with van der Waals surface area (Å²) in [6.45, 7) is 9.44. The number of carbonyl (C=O) groups is 1. The van der Waals surface area contributed by atoms with Gasteiger partial charge < -0.3 is 10.2 Å². The Kier molecular flexibility index (Phi) is 8.51. The van der Waals surface area contributed by atoms with E-state index in [1.54, 1.807) is 30.5 Å². The van der Waals surface area contributed by atoms with E-state index >= 15 is 0 Å². The van der Waals surface area contributed by atoms with Crippen LogP contribution in [0, 0.1) is 13.8 Å². The van der Waals surface area contributed by atoms with Crippen molar-refractivity contribution in [1.82, 2.24) is 19.5 Å². The van der Waals surface area contributed by atoms with Gasteiger partial charge in [0.2, 0.25) is 10.0 Å². The third-order valence-electron chi connectivity index (χ3n) is 7.24. The van der Waals surface area contributed by atoms with Gasteiger partial charge in [-0.2, -0.15) is 4.31 Å². The molecule has 0 spiro atoms. The molecule has 1 aliphatic heterocycles. The summed E-state index contributed by atoms with van der Waals surface area (Å²) in [6.07, 6.45) is 0. The van der Waals surface area contributed by atoms with Gasteiger partial charge in [-0.05, 0) is 60.9 Å². The number of nitrogens with zero attached hydrogens (tertiary/aromatic N) is 4. The molecule has 1 amide bonds. The number of piperazine rings is 1. The Morgan fingerprint density at radius 3 is 2.40 bits per heavy atom. The van der Waals surface area contributed by atoms with Crippen molar-refractivity contribution in [3.8, 4) is 0 Å². The number of rotatable bonds is 9. The van der Waals surface area contributed by atoms with Gasteiger partial charge in [0, 0.05) is 58.4 Å². The maximum atomic E-state index is 13.0. The lowest BCUT2D eigenvalue weighted by Crippen LogP contribution is -2.48. The predicted molar refractivity (Wildman–Crippen MR) is 162 cm³/mol. The first-order chi connectivity index (χ1) is 19.2. The maximum Gasteiger partial charge on any atom is 0.251 e. The molecule has 1 saturated heterocycles. The summed E-state index contributed by atoms with van der Waals surface area (Å²) in [7, 11) is -2.10. The molecule has 1 fully saturated rings. The molecular weight excluding hydrogens is 542 g/mol. The highest BCUT2D eigenvalue weighted by Gasteiger charge is 2.22. The summed E-state index contributed by atoms with van der Waals surface area (Å²) < 4.78 is 28.5. The number of carbonyl (C=O) groups excluding carboxylic acids is 1. The van der Waals surface area contributed by atoms with E-state index < -0.39 is 10.0 Å². The molecule has 8 nitrogen and oxygen atoms in total. The molecule has 40 heavy (non-hydrogen) atoms. The van der Waals surface area contributed by atoms with E-state index in [4.69, 9.17) is 4.98 Å². The van der Waals surface area contributed by atoms with Gasteiger partial charge in [-0.3, -0.25) is 9.69 Å². The summed E-state index contributed by atoms with van der Waals surface area (Å²) in [5.41, 5.74) is 4.94. The quantitative estimate of drug-likeness (QED) is 0.320. The number of hydrogen-bond acceptors (Lipinski definition) is 7. The Labute approximate surface area is 240 Å². The molecule has 1 aromatic heterocycles. The number of fused-ring (bicyclic) bond motifs is 1. The molecule has 3 aromatic carbocycles. The number of benzene rings is 3. The smallest absolute Gasteiger partial charge is 0.251 e. The highest BCUT2D eigenvalue weighted by molar-refractivity contribution is 7.89. The maximum absolute atomic E-state index is 13.0. The van der Waals surface area contributed by atoms with Crippen molar-refractivity contribution in [2.45, 2.75) is 25.3 Å². The lowest BCUT2D eigenvalue weighted by Gasteiger charge is -2.34. The fraction of sp³-hybridized carbons (Fsp3) is 0.333. The summed E-state index contributed by atoms with van der Waals surface area (Å²) in [5, 5.41) is 4.04. The Bertz CT molecular complexity index is 1580. The van der Waals surface area contributed by atoms with E-state index in [0.717, 1.165) is 48.9 Å². The zero-order valence-electron chi connectivity index (χ0n) is 23.1. The summed E-state index contributed by atoms with van der Waals surface area (Å²) in [4.78, 5) is 22.4. The van der Waals surface area contributed by atoms with Crippen molar-refractivity contribution >= 4 is 42.6 Å². The van der Waals surface area contributed by atoms with Crippen LogP contribution in [0.2, 0.25) is 0 Å². The van der Waals surface area contributed by atoms with Crippen LogP contribution in [-0.4, -0.2) is 74.8 Å². The van der Waals surface area contributed by atoms with Crippen LogP contribution in [0.25, 0.3) is 10.2 Å². The van der Waals surface area contributed by atoms with Gasteiger partial charge in [0.05, 0.1) is 15.1 Å². The van der Waals surface area contributed by atoms with Crippen molar-refractivity contribution in [2.75, 3.05) is 51.2 Å². The molecule has 10 heteroatoms. The molecule has 4 aromatic rings. The number of aryl methyl sites for hydroxylation is 2. The summed E-state index contributed by atoms with van der Waals surface area (Å²) >= 11 is 1.76. The van der Waals surface area contributed by atoms with Crippen molar-refractivity contribution in [3.05, 3.63) is 89.0 Å². The second kappa shape index (κ2) is 12.1. The molecule has 1 N–H and O–H groups in total. The van der Waals surface area contributed by atoms with Crippen LogP contribution >= 0.6 is 11.3 Å². The number of nitrogens with one attached hydrogen (secondary N) is 1. The molecule has 5 rings (SSSR count). The molecule has 0 bridgehead atoms. The summed E-state index contributed by atoms with van der Waals surface area (Å²) in [5.74, 6) is -0.208.